The number of rotatable bonds is 4. The minimum atomic E-state index is -0.795. The molecular weight excluding hydrogens is 250 g/mol. The molecule has 0 radical (unpaired) electrons. The van der Waals surface area contributed by atoms with Crippen LogP contribution in [-0.4, -0.2) is 35.0 Å². The van der Waals surface area contributed by atoms with Crippen LogP contribution in [0.5, 0.6) is 0 Å². The largest absolute Gasteiger partial charge is 0.481 e. The lowest BCUT2D eigenvalue weighted by Crippen LogP contribution is -2.34. The maximum Gasteiger partial charge on any atom is 0.308 e. The van der Waals surface area contributed by atoms with Crippen molar-refractivity contribution in [2.24, 2.45) is 11.8 Å². The van der Waals surface area contributed by atoms with E-state index >= 15 is 0 Å². The maximum atomic E-state index is 12.2. The molecule has 1 aliphatic heterocycles. The molecule has 0 unspecified atom stereocenters. The van der Waals surface area contributed by atoms with Gasteiger partial charge in [0.05, 0.1) is 5.92 Å². The monoisotopic (exact) mass is 267 g/mol. The Labute approximate surface area is 110 Å². The van der Waals surface area contributed by atoms with Crippen molar-refractivity contribution in [1.29, 1.82) is 0 Å². The van der Waals surface area contributed by atoms with Crippen molar-refractivity contribution in [2.45, 2.75) is 19.8 Å². The molecule has 0 bridgehead atoms. The molecule has 5 heteroatoms. The highest BCUT2D eigenvalue weighted by molar-refractivity contribution is 7.09. The van der Waals surface area contributed by atoms with Gasteiger partial charge in [0.2, 0.25) is 5.91 Å². The molecule has 1 aromatic rings. The average molecular weight is 267 g/mol. The van der Waals surface area contributed by atoms with Crippen molar-refractivity contribution in [3.63, 3.8) is 0 Å². The standard InChI is InChI=1S/C13H17NO3S/c1-9(7-11-3-2-6-18-11)12(15)14-5-4-10(8-14)13(16)17/h2-3,6,9-10H,4-5,7-8H2,1H3,(H,16,17)/t9-,10-/m1/s1. The van der Waals surface area contributed by atoms with Crippen LogP contribution in [0.3, 0.4) is 0 Å². The number of thiophene rings is 1. The highest BCUT2D eigenvalue weighted by Gasteiger charge is 2.32. The van der Waals surface area contributed by atoms with Gasteiger partial charge in [0.15, 0.2) is 0 Å². The number of carboxylic acid groups (broad SMARTS) is 1. The van der Waals surface area contributed by atoms with Crippen molar-refractivity contribution in [3.8, 4) is 0 Å². The molecule has 0 spiro atoms. The van der Waals surface area contributed by atoms with Crippen LogP contribution in [-0.2, 0) is 16.0 Å². The summed E-state index contributed by atoms with van der Waals surface area (Å²) < 4.78 is 0. The van der Waals surface area contributed by atoms with Gasteiger partial charge in [-0.3, -0.25) is 9.59 Å². The fourth-order valence-corrected chi connectivity index (χ4v) is 3.13. The summed E-state index contributed by atoms with van der Waals surface area (Å²) in [6, 6.07) is 4.01. The van der Waals surface area contributed by atoms with Gasteiger partial charge in [0.25, 0.3) is 0 Å². The minimum absolute atomic E-state index is 0.0730. The second kappa shape index (κ2) is 5.52. The van der Waals surface area contributed by atoms with E-state index in [-0.39, 0.29) is 17.7 Å². The van der Waals surface area contributed by atoms with Gasteiger partial charge in [-0.25, -0.2) is 0 Å². The summed E-state index contributed by atoms with van der Waals surface area (Å²) in [5, 5.41) is 10.9. The lowest BCUT2D eigenvalue weighted by Gasteiger charge is -2.20. The summed E-state index contributed by atoms with van der Waals surface area (Å²) in [5.74, 6) is -1.18. The van der Waals surface area contributed by atoms with Crippen molar-refractivity contribution in [1.82, 2.24) is 4.90 Å². The SMILES string of the molecule is C[C@H](Cc1cccs1)C(=O)N1CC[C@@H](C(=O)O)C1. The van der Waals surface area contributed by atoms with Crippen molar-refractivity contribution in [3.05, 3.63) is 22.4 Å². The second-order valence-electron chi connectivity index (χ2n) is 4.79. The number of carboxylic acids is 1. The average Bonchev–Trinajstić information content (AvgIpc) is 2.98. The highest BCUT2D eigenvalue weighted by Crippen LogP contribution is 2.21. The van der Waals surface area contributed by atoms with Gasteiger partial charge < -0.3 is 10.0 Å². The van der Waals surface area contributed by atoms with Crippen LogP contribution in [0.2, 0.25) is 0 Å². The van der Waals surface area contributed by atoms with Crippen LogP contribution in [0.15, 0.2) is 17.5 Å². The first-order valence-electron chi connectivity index (χ1n) is 6.12. The van der Waals surface area contributed by atoms with Crippen LogP contribution >= 0.6 is 11.3 Å². The fraction of sp³-hybridized carbons (Fsp3) is 0.538. The minimum Gasteiger partial charge on any atom is -0.481 e. The second-order valence-corrected chi connectivity index (χ2v) is 5.82. The van der Waals surface area contributed by atoms with Gasteiger partial charge in [0, 0.05) is 23.9 Å². The molecule has 1 fully saturated rings. The Balaban J connectivity index is 1.90. The number of carbonyl (C=O) groups is 2. The summed E-state index contributed by atoms with van der Waals surface area (Å²) in [4.78, 5) is 25.9. The van der Waals surface area contributed by atoms with Crippen LogP contribution < -0.4 is 0 Å². The number of likely N-dealkylation sites (tertiary alicyclic amines) is 1. The van der Waals surface area contributed by atoms with Gasteiger partial charge >= 0.3 is 5.97 Å². The number of nitrogens with zero attached hydrogens (tertiary/aromatic N) is 1. The molecule has 0 aliphatic carbocycles. The summed E-state index contributed by atoms with van der Waals surface area (Å²) >= 11 is 1.65. The quantitative estimate of drug-likeness (QED) is 0.906. The Morgan fingerprint density at radius 2 is 2.39 bits per heavy atom. The number of hydrogen-bond acceptors (Lipinski definition) is 3. The smallest absolute Gasteiger partial charge is 0.308 e. The van der Waals surface area contributed by atoms with Crippen molar-refractivity contribution >= 4 is 23.2 Å². The van der Waals surface area contributed by atoms with Crippen LogP contribution in [0.25, 0.3) is 0 Å². The Morgan fingerprint density at radius 1 is 1.61 bits per heavy atom. The van der Waals surface area contributed by atoms with Crippen molar-refractivity contribution in [2.75, 3.05) is 13.1 Å². The zero-order chi connectivity index (χ0) is 13.1. The zero-order valence-electron chi connectivity index (χ0n) is 10.3. The molecule has 0 aromatic carbocycles. The third-order valence-corrected chi connectivity index (χ3v) is 4.26. The van der Waals surface area contributed by atoms with Gasteiger partial charge in [-0.2, -0.15) is 0 Å². The van der Waals surface area contributed by atoms with E-state index in [9.17, 15) is 9.59 Å². The molecule has 1 amide bonds. The van der Waals surface area contributed by atoms with Crippen LogP contribution in [0.1, 0.15) is 18.2 Å². The summed E-state index contributed by atoms with van der Waals surface area (Å²) in [7, 11) is 0. The number of aliphatic carboxylic acids is 1. The molecule has 1 saturated heterocycles. The van der Waals surface area contributed by atoms with Gasteiger partial charge in [-0.15, -0.1) is 11.3 Å². The normalized spacial score (nSPS) is 20.9. The van der Waals surface area contributed by atoms with E-state index in [1.807, 2.05) is 24.4 Å². The van der Waals surface area contributed by atoms with E-state index < -0.39 is 5.97 Å². The molecule has 18 heavy (non-hydrogen) atoms. The van der Waals surface area contributed by atoms with Crippen LogP contribution in [0, 0.1) is 11.8 Å². The fourth-order valence-electron chi connectivity index (χ4n) is 2.29. The molecule has 1 aliphatic rings. The molecule has 98 valence electrons. The first-order chi connectivity index (χ1) is 8.58. The number of hydrogen-bond donors (Lipinski definition) is 1. The van der Waals surface area contributed by atoms with Crippen molar-refractivity contribution < 1.29 is 14.7 Å². The predicted molar refractivity (Wildman–Crippen MR) is 69.5 cm³/mol. The number of carbonyl (C=O) groups excluding carboxylic acids is 1. The Kier molecular flexibility index (Phi) is 4.01. The lowest BCUT2D eigenvalue weighted by atomic mass is 10.1. The molecule has 0 saturated carbocycles. The first kappa shape index (κ1) is 13.1. The lowest BCUT2D eigenvalue weighted by molar-refractivity contribution is -0.141. The Bertz CT molecular complexity index is 429. The third-order valence-electron chi connectivity index (χ3n) is 3.36. The van der Waals surface area contributed by atoms with Crippen LogP contribution in [0.4, 0.5) is 0 Å². The Morgan fingerprint density at radius 3 is 2.94 bits per heavy atom. The summed E-state index contributed by atoms with van der Waals surface area (Å²) in [5.41, 5.74) is 0. The summed E-state index contributed by atoms with van der Waals surface area (Å²) in [6.07, 6.45) is 1.32. The van der Waals surface area contributed by atoms with E-state index in [0.717, 1.165) is 6.42 Å². The molecule has 2 rings (SSSR count). The van der Waals surface area contributed by atoms with E-state index in [1.165, 1.54) is 4.88 Å². The van der Waals surface area contributed by atoms with Gasteiger partial charge in [-0.1, -0.05) is 13.0 Å². The molecule has 1 aromatic heterocycles. The third kappa shape index (κ3) is 2.90. The zero-order valence-corrected chi connectivity index (χ0v) is 11.2. The topological polar surface area (TPSA) is 57.6 Å². The summed E-state index contributed by atoms with van der Waals surface area (Å²) in [6.45, 7) is 2.85. The molecule has 1 N–H and O–H groups in total. The number of amides is 1. The highest BCUT2D eigenvalue weighted by atomic mass is 32.1. The molecule has 2 heterocycles. The predicted octanol–water partition coefficient (Wildman–Crippen LogP) is 1.86. The maximum absolute atomic E-state index is 12.2. The van der Waals surface area contributed by atoms with Gasteiger partial charge in [0.1, 0.15) is 0 Å². The van der Waals surface area contributed by atoms with E-state index in [1.54, 1.807) is 16.2 Å². The molecule has 2 atom stereocenters. The molecule has 4 nitrogen and oxygen atoms in total. The van der Waals surface area contributed by atoms with E-state index in [0.29, 0.717) is 19.5 Å². The van der Waals surface area contributed by atoms with E-state index in [4.69, 9.17) is 5.11 Å². The van der Waals surface area contributed by atoms with Gasteiger partial charge in [-0.05, 0) is 24.3 Å². The Hall–Kier alpha value is -1.36. The van der Waals surface area contributed by atoms with E-state index in [2.05, 4.69) is 0 Å². The first-order valence-corrected chi connectivity index (χ1v) is 7.00. The molecular formula is C13H17NO3S.